The number of carbonyl (C=O) groups is 1. The highest BCUT2D eigenvalue weighted by atomic mass is 19.1. The minimum Gasteiger partial charge on any atom is -0.347 e. The predicted octanol–water partition coefficient (Wildman–Crippen LogP) is 1.92. The SMILES string of the molecule is CCC.CC[C@@H](CN(C)C=O)N1CC(F)C1. The van der Waals surface area contributed by atoms with Crippen molar-refractivity contribution in [1.82, 2.24) is 9.80 Å². The van der Waals surface area contributed by atoms with Gasteiger partial charge in [-0.1, -0.05) is 27.2 Å². The van der Waals surface area contributed by atoms with E-state index in [2.05, 4.69) is 25.7 Å². The fourth-order valence-corrected chi connectivity index (χ4v) is 1.63. The van der Waals surface area contributed by atoms with Crippen molar-refractivity contribution >= 4 is 6.41 Å². The van der Waals surface area contributed by atoms with Crippen molar-refractivity contribution in [2.24, 2.45) is 0 Å². The van der Waals surface area contributed by atoms with Crippen LogP contribution in [0.1, 0.15) is 33.6 Å². The summed E-state index contributed by atoms with van der Waals surface area (Å²) in [5.74, 6) is 0. The van der Waals surface area contributed by atoms with Gasteiger partial charge in [0.2, 0.25) is 6.41 Å². The standard InChI is InChI=1S/C9H17FN2O.C3H8/c1-3-9(6-11(2)7-13)12-4-8(10)5-12;1-3-2/h7-9H,3-6H2,1-2H3;3H2,1-2H3/t9-;/m0./s1. The molecule has 1 saturated heterocycles. The van der Waals surface area contributed by atoms with E-state index in [1.807, 2.05) is 0 Å². The number of hydrogen-bond donors (Lipinski definition) is 0. The molecule has 1 rings (SSSR count). The number of likely N-dealkylation sites (tertiary alicyclic amines) is 1. The van der Waals surface area contributed by atoms with E-state index in [-0.39, 0.29) is 0 Å². The molecule has 0 bridgehead atoms. The fraction of sp³-hybridized carbons (Fsp3) is 0.917. The molecule has 4 heteroatoms. The molecule has 0 unspecified atom stereocenters. The van der Waals surface area contributed by atoms with Gasteiger partial charge in [0.05, 0.1) is 0 Å². The molecule has 1 amide bonds. The second kappa shape index (κ2) is 8.50. The lowest BCUT2D eigenvalue weighted by Gasteiger charge is -2.41. The molecule has 0 aromatic rings. The summed E-state index contributed by atoms with van der Waals surface area (Å²) in [5, 5.41) is 0. The molecule has 0 aromatic carbocycles. The summed E-state index contributed by atoms with van der Waals surface area (Å²) in [5.41, 5.74) is 0. The Morgan fingerprint density at radius 3 is 2.25 bits per heavy atom. The van der Waals surface area contributed by atoms with Crippen LogP contribution in [0.3, 0.4) is 0 Å². The third-order valence-corrected chi connectivity index (χ3v) is 2.53. The molecule has 0 N–H and O–H groups in total. The minimum absolute atomic E-state index is 0.321. The van der Waals surface area contributed by atoms with Crippen molar-refractivity contribution < 1.29 is 9.18 Å². The summed E-state index contributed by atoms with van der Waals surface area (Å²) in [6.45, 7) is 8.08. The normalized spacial score (nSPS) is 18.1. The Morgan fingerprint density at radius 2 is 1.94 bits per heavy atom. The Bertz CT molecular complexity index is 184. The zero-order valence-electron chi connectivity index (χ0n) is 10.9. The van der Waals surface area contributed by atoms with Gasteiger partial charge in [-0.3, -0.25) is 9.69 Å². The van der Waals surface area contributed by atoms with Crippen molar-refractivity contribution in [3.05, 3.63) is 0 Å². The number of carbonyl (C=O) groups excluding carboxylic acids is 1. The number of nitrogens with zero attached hydrogens (tertiary/aromatic N) is 2. The summed E-state index contributed by atoms with van der Waals surface area (Å²) in [4.78, 5) is 14.1. The van der Waals surface area contributed by atoms with Gasteiger partial charge in [0.1, 0.15) is 6.17 Å². The Morgan fingerprint density at radius 1 is 1.44 bits per heavy atom. The monoisotopic (exact) mass is 232 g/mol. The molecule has 1 heterocycles. The smallest absolute Gasteiger partial charge is 0.209 e. The minimum atomic E-state index is -0.657. The summed E-state index contributed by atoms with van der Waals surface area (Å²) < 4.78 is 12.6. The van der Waals surface area contributed by atoms with Crippen LogP contribution >= 0.6 is 0 Å². The number of amides is 1. The molecular formula is C12H25FN2O. The summed E-state index contributed by atoms with van der Waals surface area (Å²) in [6, 6.07) is 0.321. The van der Waals surface area contributed by atoms with Gasteiger partial charge in [0.25, 0.3) is 0 Å². The Labute approximate surface area is 98.6 Å². The van der Waals surface area contributed by atoms with Crippen LogP contribution in [0.2, 0.25) is 0 Å². The fourth-order valence-electron chi connectivity index (χ4n) is 1.63. The second-order valence-corrected chi connectivity index (χ2v) is 4.37. The molecule has 0 aliphatic carbocycles. The Hall–Kier alpha value is -0.640. The average Bonchev–Trinajstić information content (AvgIpc) is 2.22. The van der Waals surface area contributed by atoms with Crippen LogP contribution in [0.4, 0.5) is 4.39 Å². The number of rotatable bonds is 5. The van der Waals surface area contributed by atoms with Gasteiger partial charge in [-0.15, -0.1) is 0 Å². The van der Waals surface area contributed by atoms with Gasteiger partial charge in [-0.25, -0.2) is 4.39 Å². The largest absolute Gasteiger partial charge is 0.347 e. The van der Waals surface area contributed by atoms with Gasteiger partial charge in [-0.2, -0.15) is 0 Å². The third-order valence-electron chi connectivity index (χ3n) is 2.53. The topological polar surface area (TPSA) is 23.6 Å². The molecule has 3 nitrogen and oxygen atoms in total. The first kappa shape index (κ1) is 15.4. The number of halogens is 1. The number of alkyl halides is 1. The summed E-state index contributed by atoms with van der Waals surface area (Å²) in [7, 11) is 1.75. The lowest BCUT2D eigenvalue weighted by atomic mass is 10.1. The zero-order valence-corrected chi connectivity index (χ0v) is 10.9. The van der Waals surface area contributed by atoms with Gasteiger partial charge in [0.15, 0.2) is 0 Å². The van der Waals surface area contributed by atoms with Gasteiger partial charge >= 0.3 is 0 Å². The van der Waals surface area contributed by atoms with Crippen molar-refractivity contribution in [3.63, 3.8) is 0 Å². The van der Waals surface area contributed by atoms with E-state index in [0.717, 1.165) is 12.8 Å². The lowest BCUT2D eigenvalue weighted by molar-refractivity contribution is -0.118. The molecule has 0 spiro atoms. The van der Waals surface area contributed by atoms with E-state index in [9.17, 15) is 9.18 Å². The maximum Gasteiger partial charge on any atom is 0.209 e. The highest BCUT2D eigenvalue weighted by Crippen LogP contribution is 2.17. The van der Waals surface area contributed by atoms with Crippen LogP contribution in [0.5, 0.6) is 0 Å². The van der Waals surface area contributed by atoms with E-state index in [1.54, 1.807) is 11.9 Å². The Kier molecular flexibility index (Phi) is 8.16. The van der Waals surface area contributed by atoms with E-state index >= 15 is 0 Å². The van der Waals surface area contributed by atoms with E-state index < -0.39 is 6.17 Å². The van der Waals surface area contributed by atoms with Gasteiger partial charge in [0, 0.05) is 32.7 Å². The maximum absolute atomic E-state index is 12.6. The van der Waals surface area contributed by atoms with Crippen LogP contribution < -0.4 is 0 Å². The molecule has 1 aliphatic heterocycles. The summed E-state index contributed by atoms with van der Waals surface area (Å²) in [6.07, 6.45) is 2.37. The van der Waals surface area contributed by atoms with Crippen molar-refractivity contribution in [3.8, 4) is 0 Å². The van der Waals surface area contributed by atoms with E-state index in [0.29, 0.717) is 25.7 Å². The number of likely N-dealkylation sites (N-methyl/N-ethyl adjacent to an activating group) is 1. The Balaban J connectivity index is 0.000000673. The molecule has 96 valence electrons. The highest BCUT2D eigenvalue weighted by Gasteiger charge is 2.31. The number of hydrogen-bond acceptors (Lipinski definition) is 2. The average molecular weight is 232 g/mol. The van der Waals surface area contributed by atoms with Crippen LogP contribution in [-0.4, -0.2) is 55.1 Å². The van der Waals surface area contributed by atoms with E-state index in [4.69, 9.17) is 0 Å². The molecule has 1 aliphatic rings. The van der Waals surface area contributed by atoms with Crippen LogP contribution in [0, 0.1) is 0 Å². The zero-order chi connectivity index (χ0) is 12.6. The quantitative estimate of drug-likeness (QED) is 0.676. The first-order valence-electron chi connectivity index (χ1n) is 6.12. The summed E-state index contributed by atoms with van der Waals surface area (Å²) >= 11 is 0. The second-order valence-electron chi connectivity index (χ2n) is 4.37. The molecule has 0 saturated carbocycles. The van der Waals surface area contributed by atoms with Crippen LogP contribution in [0.25, 0.3) is 0 Å². The molecule has 0 aromatic heterocycles. The molecule has 1 fully saturated rings. The van der Waals surface area contributed by atoms with Crippen molar-refractivity contribution in [2.45, 2.75) is 45.8 Å². The third kappa shape index (κ3) is 5.45. The first-order valence-corrected chi connectivity index (χ1v) is 6.12. The molecular weight excluding hydrogens is 207 g/mol. The van der Waals surface area contributed by atoms with Crippen molar-refractivity contribution in [1.29, 1.82) is 0 Å². The molecule has 1 atom stereocenters. The predicted molar refractivity (Wildman–Crippen MR) is 65.2 cm³/mol. The van der Waals surface area contributed by atoms with Gasteiger partial charge < -0.3 is 4.90 Å². The van der Waals surface area contributed by atoms with Crippen LogP contribution in [-0.2, 0) is 4.79 Å². The highest BCUT2D eigenvalue weighted by molar-refractivity contribution is 5.46. The lowest BCUT2D eigenvalue weighted by Crippen LogP contribution is -2.56. The van der Waals surface area contributed by atoms with Gasteiger partial charge in [-0.05, 0) is 6.42 Å². The maximum atomic E-state index is 12.6. The van der Waals surface area contributed by atoms with E-state index in [1.165, 1.54) is 6.42 Å². The molecule has 0 radical (unpaired) electrons. The van der Waals surface area contributed by atoms with Crippen LogP contribution in [0.15, 0.2) is 0 Å². The molecule has 16 heavy (non-hydrogen) atoms. The van der Waals surface area contributed by atoms with Crippen molar-refractivity contribution in [2.75, 3.05) is 26.7 Å². The first-order chi connectivity index (χ1) is 7.58.